The first-order valence-electron chi connectivity index (χ1n) is 8.47. The highest BCUT2D eigenvalue weighted by atomic mass is 32.1. The number of nitrogens with zero attached hydrogens (tertiary/aromatic N) is 2. The summed E-state index contributed by atoms with van der Waals surface area (Å²) >= 11 is 1.34. The lowest BCUT2D eigenvalue weighted by Crippen LogP contribution is -2.42. The molecular formula is C18H23N3O2S. The largest absolute Gasteiger partial charge is 0.388 e. The van der Waals surface area contributed by atoms with Crippen LogP contribution in [0.3, 0.4) is 0 Å². The van der Waals surface area contributed by atoms with Crippen molar-refractivity contribution in [3.05, 3.63) is 35.0 Å². The molecule has 128 valence electrons. The third kappa shape index (κ3) is 3.99. The van der Waals surface area contributed by atoms with E-state index in [9.17, 15) is 9.90 Å². The number of rotatable bonds is 4. The zero-order valence-corrected chi connectivity index (χ0v) is 14.7. The van der Waals surface area contributed by atoms with Gasteiger partial charge in [0.05, 0.1) is 17.0 Å². The van der Waals surface area contributed by atoms with E-state index < -0.39 is 5.60 Å². The van der Waals surface area contributed by atoms with E-state index in [-0.39, 0.29) is 5.91 Å². The monoisotopic (exact) mass is 345 g/mol. The van der Waals surface area contributed by atoms with Crippen LogP contribution in [0, 0.1) is 6.92 Å². The van der Waals surface area contributed by atoms with E-state index in [0.717, 1.165) is 49.2 Å². The van der Waals surface area contributed by atoms with Crippen LogP contribution in [0.2, 0.25) is 0 Å². The number of amides is 1. The summed E-state index contributed by atoms with van der Waals surface area (Å²) in [5, 5.41) is 14.3. The van der Waals surface area contributed by atoms with E-state index in [1.165, 1.54) is 11.3 Å². The molecule has 1 saturated carbocycles. The first-order valence-corrected chi connectivity index (χ1v) is 9.28. The summed E-state index contributed by atoms with van der Waals surface area (Å²) in [4.78, 5) is 21.8. The van der Waals surface area contributed by atoms with Crippen LogP contribution in [0.15, 0.2) is 24.4 Å². The fourth-order valence-corrected chi connectivity index (χ4v) is 4.05. The van der Waals surface area contributed by atoms with Crippen molar-refractivity contribution in [1.82, 2.24) is 15.3 Å². The SMILES string of the molecule is Cc1nc(-c2ccccn2)sc1C(=O)NCC1(O)CCCCCC1. The number of thiazole rings is 1. The van der Waals surface area contributed by atoms with Crippen LogP contribution in [-0.4, -0.2) is 33.1 Å². The number of carbonyl (C=O) groups excluding carboxylic acids is 1. The lowest BCUT2D eigenvalue weighted by Gasteiger charge is -2.26. The predicted octanol–water partition coefficient (Wildman–Crippen LogP) is 3.33. The number of pyridine rings is 1. The second-order valence-corrected chi connectivity index (χ2v) is 7.47. The molecule has 0 spiro atoms. The summed E-state index contributed by atoms with van der Waals surface area (Å²) in [6.45, 7) is 2.14. The second kappa shape index (κ2) is 7.40. The van der Waals surface area contributed by atoms with E-state index in [2.05, 4.69) is 15.3 Å². The minimum atomic E-state index is -0.769. The maximum Gasteiger partial charge on any atom is 0.263 e. The fraction of sp³-hybridized carbons (Fsp3) is 0.500. The normalized spacial score (nSPS) is 17.2. The molecule has 2 heterocycles. The first-order chi connectivity index (χ1) is 11.6. The summed E-state index contributed by atoms with van der Waals surface area (Å²) in [6.07, 6.45) is 7.61. The van der Waals surface area contributed by atoms with E-state index in [1.54, 1.807) is 6.20 Å². The van der Waals surface area contributed by atoms with Crippen molar-refractivity contribution >= 4 is 17.2 Å². The molecule has 1 fully saturated rings. The third-order valence-corrected chi connectivity index (χ3v) is 5.68. The van der Waals surface area contributed by atoms with Gasteiger partial charge in [-0.1, -0.05) is 31.7 Å². The molecule has 0 bridgehead atoms. The average molecular weight is 345 g/mol. The van der Waals surface area contributed by atoms with Crippen LogP contribution in [-0.2, 0) is 0 Å². The highest BCUT2D eigenvalue weighted by Crippen LogP contribution is 2.28. The molecule has 2 aromatic rings. The minimum Gasteiger partial charge on any atom is -0.388 e. The molecular weight excluding hydrogens is 322 g/mol. The quantitative estimate of drug-likeness (QED) is 0.834. The highest BCUT2D eigenvalue weighted by molar-refractivity contribution is 7.17. The van der Waals surface area contributed by atoms with Gasteiger partial charge >= 0.3 is 0 Å². The first kappa shape index (κ1) is 17.0. The van der Waals surface area contributed by atoms with Gasteiger partial charge in [-0.3, -0.25) is 9.78 Å². The summed E-state index contributed by atoms with van der Waals surface area (Å²) in [7, 11) is 0. The Morgan fingerprint density at radius 3 is 2.71 bits per heavy atom. The Morgan fingerprint density at radius 2 is 2.04 bits per heavy atom. The molecule has 0 aliphatic heterocycles. The van der Waals surface area contributed by atoms with Crippen LogP contribution in [0.25, 0.3) is 10.7 Å². The molecule has 1 aliphatic rings. The Kier molecular flexibility index (Phi) is 5.26. The van der Waals surface area contributed by atoms with Crippen molar-refractivity contribution in [3.63, 3.8) is 0 Å². The fourth-order valence-electron chi connectivity index (χ4n) is 3.09. The average Bonchev–Trinajstić information content (AvgIpc) is 2.85. The molecule has 24 heavy (non-hydrogen) atoms. The topological polar surface area (TPSA) is 75.1 Å². The van der Waals surface area contributed by atoms with Crippen molar-refractivity contribution in [1.29, 1.82) is 0 Å². The van der Waals surface area contributed by atoms with Gasteiger partial charge in [-0.2, -0.15) is 0 Å². The molecule has 1 amide bonds. The van der Waals surface area contributed by atoms with E-state index in [4.69, 9.17) is 0 Å². The summed E-state index contributed by atoms with van der Waals surface area (Å²) < 4.78 is 0. The van der Waals surface area contributed by atoms with Gasteiger partial charge < -0.3 is 10.4 Å². The summed E-state index contributed by atoms with van der Waals surface area (Å²) in [5.74, 6) is -0.162. The Morgan fingerprint density at radius 1 is 1.29 bits per heavy atom. The molecule has 1 aliphatic carbocycles. The lowest BCUT2D eigenvalue weighted by atomic mass is 9.94. The van der Waals surface area contributed by atoms with Gasteiger partial charge in [0, 0.05) is 12.7 Å². The summed E-state index contributed by atoms with van der Waals surface area (Å²) in [5.41, 5.74) is 0.701. The Labute approximate surface area is 146 Å². The predicted molar refractivity (Wildman–Crippen MR) is 95.1 cm³/mol. The van der Waals surface area contributed by atoms with Crippen LogP contribution >= 0.6 is 11.3 Å². The number of nitrogens with one attached hydrogen (secondary N) is 1. The minimum absolute atomic E-state index is 0.162. The van der Waals surface area contributed by atoms with Crippen molar-refractivity contribution in [2.45, 2.75) is 51.0 Å². The van der Waals surface area contributed by atoms with E-state index in [0.29, 0.717) is 17.1 Å². The lowest BCUT2D eigenvalue weighted by molar-refractivity contribution is 0.0247. The van der Waals surface area contributed by atoms with Gasteiger partial charge in [-0.25, -0.2) is 4.98 Å². The second-order valence-electron chi connectivity index (χ2n) is 6.47. The highest BCUT2D eigenvalue weighted by Gasteiger charge is 2.29. The van der Waals surface area contributed by atoms with Gasteiger partial charge in [0.25, 0.3) is 5.91 Å². The molecule has 2 aromatic heterocycles. The molecule has 5 nitrogen and oxygen atoms in total. The van der Waals surface area contributed by atoms with Crippen LogP contribution in [0.4, 0.5) is 0 Å². The molecule has 0 atom stereocenters. The van der Waals surface area contributed by atoms with Crippen molar-refractivity contribution in [3.8, 4) is 10.7 Å². The number of hydrogen-bond donors (Lipinski definition) is 2. The molecule has 0 saturated heterocycles. The third-order valence-electron chi connectivity index (χ3n) is 4.50. The standard InChI is InChI=1S/C18H23N3O2S/c1-13-15(24-17(21-13)14-8-4-7-11-19-14)16(22)20-12-18(23)9-5-2-3-6-10-18/h4,7-8,11,23H,2-3,5-6,9-10,12H2,1H3,(H,20,22). The maximum absolute atomic E-state index is 12.5. The van der Waals surface area contributed by atoms with Gasteiger partial charge in [-0.15, -0.1) is 11.3 Å². The Bertz CT molecular complexity index is 692. The number of carbonyl (C=O) groups is 1. The molecule has 0 unspecified atom stereocenters. The van der Waals surface area contributed by atoms with Crippen LogP contribution in [0.1, 0.15) is 53.9 Å². The van der Waals surface area contributed by atoms with Crippen LogP contribution < -0.4 is 5.32 Å². The van der Waals surface area contributed by atoms with Crippen LogP contribution in [0.5, 0.6) is 0 Å². The van der Waals surface area contributed by atoms with Gasteiger partial charge in [-0.05, 0) is 31.9 Å². The summed E-state index contributed by atoms with van der Waals surface area (Å²) in [6, 6.07) is 5.64. The molecule has 2 N–H and O–H groups in total. The van der Waals surface area contributed by atoms with E-state index >= 15 is 0 Å². The number of aliphatic hydroxyl groups is 1. The Hall–Kier alpha value is -1.79. The van der Waals surface area contributed by atoms with Gasteiger partial charge in [0.1, 0.15) is 9.88 Å². The van der Waals surface area contributed by atoms with E-state index in [1.807, 2.05) is 25.1 Å². The molecule has 3 rings (SSSR count). The van der Waals surface area contributed by atoms with Crippen molar-refractivity contribution in [2.24, 2.45) is 0 Å². The maximum atomic E-state index is 12.5. The smallest absolute Gasteiger partial charge is 0.263 e. The van der Waals surface area contributed by atoms with Crippen molar-refractivity contribution in [2.75, 3.05) is 6.54 Å². The molecule has 6 heteroatoms. The number of aryl methyl sites for hydroxylation is 1. The zero-order chi connectivity index (χ0) is 17.0. The number of hydrogen-bond acceptors (Lipinski definition) is 5. The zero-order valence-electron chi connectivity index (χ0n) is 13.9. The number of aromatic nitrogens is 2. The van der Waals surface area contributed by atoms with Gasteiger partial charge in [0.15, 0.2) is 0 Å². The Balaban J connectivity index is 1.68. The molecule has 0 aromatic carbocycles. The van der Waals surface area contributed by atoms with Gasteiger partial charge in [0.2, 0.25) is 0 Å². The molecule has 0 radical (unpaired) electrons. The van der Waals surface area contributed by atoms with Crippen molar-refractivity contribution < 1.29 is 9.90 Å².